The van der Waals surface area contributed by atoms with Gasteiger partial charge in [-0.1, -0.05) is 11.6 Å². The molecule has 0 amide bonds. The van der Waals surface area contributed by atoms with E-state index in [2.05, 4.69) is 10.3 Å². The highest BCUT2D eigenvalue weighted by Gasteiger charge is 2.13. The van der Waals surface area contributed by atoms with Crippen molar-refractivity contribution in [3.8, 4) is 0 Å². The first-order valence-corrected chi connectivity index (χ1v) is 6.63. The molecule has 1 aromatic carbocycles. The summed E-state index contributed by atoms with van der Waals surface area (Å²) in [6, 6.07) is 4.64. The third-order valence-electron chi connectivity index (χ3n) is 3.08. The fraction of sp³-hybridized carbons (Fsp3) is 0.308. The van der Waals surface area contributed by atoms with Crippen molar-refractivity contribution >= 4 is 28.9 Å². The third-order valence-corrected chi connectivity index (χ3v) is 3.40. The van der Waals surface area contributed by atoms with Gasteiger partial charge in [0.2, 0.25) is 5.95 Å². The molecule has 21 heavy (non-hydrogen) atoms. The molecule has 0 spiro atoms. The van der Waals surface area contributed by atoms with Crippen molar-refractivity contribution in [1.29, 1.82) is 0 Å². The number of hydrogen-bond donors (Lipinski definition) is 1. The van der Waals surface area contributed by atoms with Crippen LogP contribution in [0.3, 0.4) is 0 Å². The molecule has 0 saturated carbocycles. The highest BCUT2D eigenvalue weighted by molar-refractivity contribution is 6.32. The summed E-state index contributed by atoms with van der Waals surface area (Å²) >= 11 is 5.78. The average molecular weight is 310 g/mol. The van der Waals surface area contributed by atoms with Crippen LogP contribution in [0.15, 0.2) is 24.4 Å². The molecular weight excluding hydrogens is 294 g/mol. The number of nitrogens with one attached hydrogen (secondary N) is 1. The van der Waals surface area contributed by atoms with Gasteiger partial charge in [0.25, 0.3) is 5.69 Å². The van der Waals surface area contributed by atoms with E-state index in [-0.39, 0.29) is 10.7 Å². The van der Waals surface area contributed by atoms with Gasteiger partial charge in [-0.05, 0) is 12.1 Å². The summed E-state index contributed by atoms with van der Waals surface area (Å²) in [7, 11) is 5.76. The summed E-state index contributed by atoms with van der Waals surface area (Å²) in [5.74, 6) is 0.842. The van der Waals surface area contributed by atoms with Crippen LogP contribution in [0.25, 0.3) is 0 Å². The molecule has 0 bridgehead atoms. The van der Waals surface area contributed by atoms with Crippen LogP contribution in [0.2, 0.25) is 5.02 Å². The van der Waals surface area contributed by atoms with Gasteiger partial charge in [-0.15, -0.1) is 0 Å². The number of nitrogens with zero attached hydrogens (tertiary/aromatic N) is 4. The Morgan fingerprint density at radius 2 is 2.19 bits per heavy atom. The van der Waals surface area contributed by atoms with Gasteiger partial charge in [-0.2, -0.15) is 0 Å². The fourth-order valence-electron chi connectivity index (χ4n) is 1.97. The number of aromatic nitrogens is 2. The highest BCUT2D eigenvalue weighted by atomic mass is 35.5. The van der Waals surface area contributed by atoms with Gasteiger partial charge in [-0.3, -0.25) is 10.1 Å². The lowest BCUT2D eigenvalue weighted by Crippen LogP contribution is -2.15. The molecule has 0 radical (unpaired) electrons. The Balaban J connectivity index is 2.13. The Labute approximate surface area is 127 Å². The van der Waals surface area contributed by atoms with Crippen LogP contribution in [-0.4, -0.2) is 28.6 Å². The molecular formula is C13H16ClN5O2. The summed E-state index contributed by atoms with van der Waals surface area (Å²) in [5.41, 5.74) is 1.50. The molecule has 0 atom stereocenters. The summed E-state index contributed by atoms with van der Waals surface area (Å²) in [6.07, 6.45) is 1.77. The molecule has 0 fully saturated rings. The van der Waals surface area contributed by atoms with Crippen molar-refractivity contribution in [2.24, 2.45) is 7.05 Å². The molecule has 1 heterocycles. The summed E-state index contributed by atoms with van der Waals surface area (Å²) in [5, 5.41) is 14.1. The van der Waals surface area contributed by atoms with Crippen LogP contribution in [0, 0.1) is 10.1 Å². The molecule has 0 saturated heterocycles. The van der Waals surface area contributed by atoms with E-state index in [1.54, 1.807) is 12.3 Å². The summed E-state index contributed by atoms with van der Waals surface area (Å²) < 4.78 is 1.96. The number of halogens is 1. The quantitative estimate of drug-likeness (QED) is 0.679. The van der Waals surface area contributed by atoms with Crippen LogP contribution < -0.4 is 10.2 Å². The number of nitro benzene ring substituents is 1. The maximum atomic E-state index is 10.9. The van der Waals surface area contributed by atoms with E-state index in [1.165, 1.54) is 12.1 Å². The Kier molecular flexibility index (Phi) is 4.32. The van der Waals surface area contributed by atoms with E-state index in [1.807, 2.05) is 30.6 Å². The second-order valence-corrected chi connectivity index (χ2v) is 5.19. The number of nitro groups is 1. The van der Waals surface area contributed by atoms with Crippen LogP contribution in [0.1, 0.15) is 5.69 Å². The predicted molar refractivity (Wildman–Crippen MR) is 83.0 cm³/mol. The Morgan fingerprint density at radius 1 is 1.48 bits per heavy atom. The minimum atomic E-state index is -0.498. The van der Waals surface area contributed by atoms with Crippen LogP contribution in [-0.2, 0) is 13.6 Å². The number of anilines is 2. The van der Waals surface area contributed by atoms with Crippen molar-refractivity contribution in [2.45, 2.75) is 6.54 Å². The fourth-order valence-corrected chi connectivity index (χ4v) is 2.16. The third kappa shape index (κ3) is 3.25. The zero-order chi connectivity index (χ0) is 15.6. The monoisotopic (exact) mass is 309 g/mol. The van der Waals surface area contributed by atoms with Gasteiger partial charge < -0.3 is 14.8 Å². The Hall–Kier alpha value is -2.28. The maximum absolute atomic E-state index is 10.9. The van der Waals surface area contributed by atoms with Crippen molar-refractivity contribution in [2.75, 3.05) is 24.3 Å². The zero-order valence-corrected chi connectivity index (χ0v) is 12.8. The van der Waals surface area contributed by atoms with E-state index < -0.39 is 4.92 Å². The molecule has 112 valence electrons. The van der Waals surface area contributed by atoms with Crippen molar-refractivity contribution in [1.82, 2.24) is 9.55 Å². The molecule has 8 heteroatoms. The van der Waals surface area contributed by atoms with Crippen LogP contribution in [0.5, 0.6) is 0 Å². The van der Waals surface area contributed by atoms with E-state index in [0.717, 1.165) is 11.6 Å². The van der Waals surface area contributed by atoms with Gasteiger partial charge in [0.1, 0.15) is 5.02 Å². The largest absolute Gasteiger partial charge is 0.379 e. The van der Waals surface area contributed by atoms with Crippen molar-refractivity contribution < 1.29 is 4.92 Å². The molecule has 1 aromatic heterocycles. The number of imidazole rings is 1. The number of hydrogen-bond acceptors (Lipinski definition) is 5. The van der Waals surface area contributed by atoms with Crippen molar-refractivity contribution in [3.05, 3.63) is 45.2 Å². The topological polar surface area (TPSA) is 76.2 Å². The van der Waals surface area contributed by atoms with E-state index in [4.69, 9.17) is 11.6 Å². The summed E-state index contributed by atoms with van der Waals surface area (Å²) in [6.45, 7) is 0.510. The molecule has 1 N–H and O–H groups in total. The zero-order valence-electron chi connectivity index (χ0n) is 12.0. The molecule has 7 nitrogen and oxygen atoms in total. The molecule has 0 aliphatic carbocycles. The SMILES string of the molecule is CN(C)c1ncc(CNc2ccc(Cl)c([N+](=O)[O-])c2)n1C. The molecule has 2 aromatic rings. The standard InChI is InChI=1S/C13H16ClN5O2/c1-17(2)13-16-8-10(18(13)3)7-15-9-4-5-11(14)12(6-9)19(20)21/h4-6,8,15H,7H2,1-3H3. The van der Waals surface area contributed by atoms with E-state index in [9.17, 15) is 10.1 Å². The van der Waals surface area contributed by atoms with Gasteiger partial charge in [0.05, 0.1) is 23.4 Å². The van der Waals surface area contributed by atoms with Crippen molar-refractivity contribution in [3.63, 3.8) is 0 Å². The second kappa shape index (κ2) is 6.01. The highest BCUT2D eigenvalue weighted by Crippen LogP contribution is 2.27. The van der Waals surface area contributed by atoms with E-state index in [0.29, 0.717) is 12.2 Å². The lowest BCUT2D eigenvalue weighted by atomic mass is 10.2. The average Bonchev–Trinajstić information content (AvgIpc) is 2.79. The van der Waals surface area contributed by atoms with Crippen LogP contribution >= 0.6 is 11.6 Å². The van der Waals surface area contributed by atoms with Crippen LogP contribution in [0.4, 0.5) is 17.3 Å². The Bertz CT molecular complexity index is 669. The first kappa shape index (κ1) is 15.1. The normalized spacial score (nSPS) is 10.5. The van der Waals surface area contributed by atoms with Gasteiger partial charge in [0.15, 0.2) is 0 Å². The molecule has 0 aliphatic rings. The smallest absolute Gasteiger partial charge is 0.289 e. The lowest BCUT2D eigenvalue weighted by Gasteiger charge is -2.13. The molecule has 0 unspecified atom stereocenters. The van der Waals surface area contributed by atoms with E-state index >= 15 is 0 Å². The van der Waals surface area contributed by atoms with Gasteiger partial charge in [-0.25, -0.2) is 4.98 Å². The first-order valence-electron chi connectivity index (χ1n) is 6.26. The molecule has 2 rings (SSSR count). The van der Waals surface area contributed by atoms with Gasteiger partial charge in [0, 0.05) is 32.9 Å². The minimum absolute atomic E-state index is 0.111. The second-order valence-electron chi connectivity index (χ2n) is 4.78. The minimum Gasteiger partial charge on any atom is -0.379 e. The summed E-state index contributed by atoms with van der Waals surface area (Å²) in [4.78, 5) is 16.6. The Morgan fingerprint density at radius 3 is 2.76 bits per heavy atom. The predicted octanol–water partition coefficient (Wildman–Crippen LogP) is 2.66. The molecule has 0 aliphatic heterocycles. The van der Waals surface area contributed by atoms with Gasteiger partial charge >= 0.3 is 0 Å². The lowest BCUT2D eigenvalue weighted by molar-refractivity contribution is -0.384. The number of benzene rings is 1. The number of rotatable bonds is 5. The maximum Gasteiger partial charge on any atom is 0.289 e. The first-order chi connectivity index (χ1) is 9.90.